The lowest BCUT2D eigenvalue weighted by Crippen LogP contribution is -2.18. The van der Waals surface area contributed by atoms with Crippen LogP contribution in [0.3, 0.4) is 0 Å². The van der Waals surface area contributed by atoms with Gasteiger partial charge in [-0.05, 0) is 54.9 Å². The van der Waals surface area contributed by atoms with Gasteiger partial charge in [0.1, 0.15) is 5.58 Å². The van der Waals surface area contributed by atoms with Gasteiger partial charge in [-0.2, -0.15) is 5.10 Å². The van der Waals surface area contributed by atoms with Gasteiger partial charge >= 0.3 is 5.63 Å². The van der Waals surface area contributed by atoms with Crippen molar-refractivity contribution in [1.82, 2.24) is 9.78 Å². The first-order valence-electron chi connectivity index (χ1n) is 9.17. The van der Waals surface area contributed by atoms with Crippen molar-refractivity contribution in [3.63, 3.8) is 0 Å². The predicted molar refractivity (Wildman–Crippen MR) is 120 cm³/mol. The average Bonchev–Trinajstić information content (AvgIpc) is 3.10. The van der Waals surface area contributed by atoms with Crippen molar-refractivity contribution < 1.29 is 4.42 Å². The Bertz CT molecular complexity index is 1260. The molecule has 0 unspecified atom stereocenters. The molecule has 0 saturated carbocycles. The predicted octanol–water partition coefficient (Wildman–Crippen LogP) is 4.46. The molecule has 4 aromatic rings. The van der Waals surface area contributed by atoms with E-state index in [4.69, 9.17) is 16.6 Å². The van der Waals surface area contributed by atoms with Crippen LogP contribution in [0, 0.1) is 13.8 Å². The van der Waals surface area contributed by atoms with Crippen molar-refractivity contribution in [1.29, 1.82) is 0 Å². The molecule has 2 N–H and O–H groups in total. The zero-order chi connectivity index (χ0) is 20.4. The molecular formula is C22H20N4O2S. The second-order valence-electron chi connectivity index (χ2n) is 6.89. The normalized spacial score (nSPS) is 10.8. The third-order valence-corrected chi connectivity index (χ3v) is 4.90. The van der Waals surface area contributed by atoms with Crippen LogP contribution in [-0.2, 0) is 6.54 Å². The van der Waals surface area contributed by atoms with Crippen LogP contribution in [0.25, 0.3) is 11.0 Å². The average molecular weight is 404 g/mol. The third kappa shape index (κ3) is 4.35. The van der Waals surface area contributed by atoms with Crippen molar-refractivity contribution in [2.75, 3.05) is 10.6 Å². The molecule has 6 nitrogen and oxygen atoms in total. The summed E-state index contributed by atoms with van der Waals surface area (Å²) in [6.07, 6.45) is 3.64. The Morgan fingerprint density at radius 1 is 1.07 bits per heavy atom. The summed E-state index contributed by atoms with van der Waals surface area (Å²) in [6.45, 7) is 4.66. The topological polar surface area (TPSA) is 72.1 Å². The molecule has 0 radical (unpaired) electrons. The molecule has 0 saturated heterocycles. The first kappa shape index (κ1) is 18.9. The van der Waals surface area contributed by atoms with E-state index >= 15 is 0 Å². The summed E-state index contributed by atoms with van der Waals surface area (Å²) in [7, 11) is 0. The quantitative estimate of drug-likeness (QED) is 0.386. The molecule has 0 aliphatic rings. The molecule has 0 aliphatic heterocycles. The second-order valence-corrected chi connectivity index (χ2v) is 7.30. The van der Waals surface area contributed by atoms with Gasteiger partial charge in [0.05, 0.1) is 18.4 Å². The van der Waals surface area contributed by atoms with Gasteiger partial charge in [-0.15, -0.1) is 0 Å². The highest BCUT2D eigenvalue weighted by atomic mass is 32.1. The number of nitrogens with one attached hydrogen (secondary N) is 2. The minimum absolute atomic E-state index is 0.367. The standard InChI is InChI=1S/C22H20N4O2S/c1-14-5-3-4-6-16(14)12-26-13-18(11-23-26)25-22(29)24-17-7-8-19-15(2)9-21(27)28-20(19)10-17/h3-11,13H,12H2,1-2H3,(H2,24,25,29). The number of aromatic nitrogens is 2. The number of nitrogens with zero attached hydrogens (tertiary/aromatic N) is 2. The van der Waals surface area contributed by atoms with Crippen LogP contribution in [-0.4, -0.2) is 14.9 Å². The van der Waals surface area contributed by atoms with Crippen molar-refractivity contribution in [2.24, 2.45) is 0 Å². The Morgan fingerprint density at radius 3 is 2.69 bits per heavy atom. The maximum Gasteiger partial charge on any atom is 0.336 e. The molecule has 0 bridgehead atoms. The zero-order valence-electron chi connectivity index (χ0n) is 16.1. The van der Waals surface area contributed by atoms with E-state index < -0.39 is 0 Å². The fraction of sp³-hybridized carbons (Fsp3) is 0.136. The van der Waals surface area contributed by atoms with Gasteiger partial charge in [-0.1, -0.05) is 24.3 Å². The number of thiocarbonyl (C=S) groups is 1. The highest BCUT2D eigenvalue weighted by Gasteiger charge is 2.07. The molecule has 0 spiro atoms. The molecule has 29 heavy (non-hydrogen) atoms. The molecule has 0 amide bonds. The van der Waals surface area contributed by atoms with E-state index in [2.05, 4.69) is 34.8 Å². The Labute approximate surface area is 173 Å². The first-order chi connectivity index (χ1) is 14.0. The summed E-state index contributed by atoms with van der Waals surface area (Å²) < 4.78 is 7.14. The van der Waals surface area contributed by atoms with Crippen LogP contribution < -0.4 is 16.3 Å². The van der Waals surface area contributed by atoms with Crippen LogP contribution in [0.15, 0.2) is 70.1 Å². The number of hydrogen-bond donors (Lipinski definition) is 2. The van der Waals surface area contributed by atoms with Gasteiger partial charge in [-0.25, -0.2) is 4.79 Å². The third-order valence-electron chi connectivity index (χ3n) is 4.69. The highest BCUT2D eigenvalue weighted by Crippen LogP contribution is 2.21. The van der Waals surface area contributed by atoms with E-state index in [1.54, 1.807) is 12.3 Å². The smallest absolute Gasteiger partial charge is 0.336 e. The van der Waals surface area contributed by atoms with Crippen molar-refractivity contribution in [3.05, 3.63) is 88.0 Å². The van der Waals surface area contributed by atoms with Gasteiger partial charge in [0.15, 0.2) is 5.11 Å². The Balaban J connectivity index is 1.44. The molecule has 2 aromatic carbocycles. The lowest BCUT2D eigenvalue weighted by Gasteiger charge is -2.10. The van der Waals surface area contributed by atoms with Crippen LogP contribution in [0.4, 0.5) is 11.4 Å². The van der Waals surface area contributed by atoms with E-state index in [1.807, 2.05) is 42.1 Å². The summed E-state index contributed by atoms with van der Waals surface area (Å²) >= 11 is 5.40. The number of fused-ring (bicyclic) bond motifs is 1. The first-order valence-corrected chi connectivity index (χ1v) is 9.58. The second kappa shape index (κ2) is 7.89. The van der Waals surface area contributed by atoms with Crippen LogP contribution in [0.1, 0.15) is 16.7 Å². The van der Waals surface area contributed by atoms with Gasteiger partial charge in [-0.3, -0.25) is 4.68 Å². The molecule has 4 rings (SSSR count). The number of rotatable bonds is 4. The summed E-state index contributed by atoms with van der Waals surface area (Å²) in [4.78, 5) is 11.6. The Kier molecular flexibility index (Phi) is 5.14. The van der Waals surface area contributed by atoms with E-state index in [0.29, 0.717) is 17.2 Å². The summed E-state index contributed by atoms with van der Waals surface area (Å²) in [5, 5.41) is 11.9. The van der Waals surface area contributed by atoms with Crippen LogP contribution >= 0.6 is 12.2 Å². The lowest BCUT2D eigenvalue weighted by atomic mass is 10.1. The minimum atomic E-state index is -0.367. The molecule has 2 aromatic heterocycles. The van der Waals surface area contributed by atoms with Crippen LogP contribution in [0.5, 0.6) is 0 Å². The van der Waals surface area contributed by atoms with Crippen molar-refractivity contribution in [3.8, 4) is 0 Å². The Hall–Kier alpha value is -3.45. The fourth-order valence-corrected chi connectivity index (χ4v) is 3.41. The number of aryl methyl sites for hydroxylation is 2. The maximum atomic E-state index is 11.6. The van der Waals surface area contributed by atoms with Crippen molar-refractivity contribution in [2.45, 2.75) is 20.4 Å². The van der Waals surface area contributed by atoms with Crippen molar-refractivity contribution >= 4 is 39.7 Å². The molecule has 0 aliphatic carbocycles. The molecule has 146 valence electrons. The molecule has 0 fully saturated rings. The Morgan fingerprint density at radius 2 is 1.86 bits per heavy atom. The van der Waals surface area contributed by atoms with E-state index in [1.165, 1.54) is 17.2 Å². The number of anilines is 2. The van der Waals surface area contributed by atoms with E-state index in [-0.39, 0.29) is 5.63 Å². The molecule has 2 heterocycles. The maximum absolute atomic E-state index is 11.6. The van der Waals surface area contributed by atoms with Gasteiger partial charge in [0.25, 0.3) is 0 Å². The number of benzene rings is 2. The summed E-state index contributed by atoms with van der Waals surface area (Å²) in [6, 6.07) is 15.3. The highest BCUT2D eigenvalue weighted by molar-refractivity contribution is 7.80. The minimum Gasteiger partial charge on any atom is -0.423 e. The monoisotopic (exact) mass is 404 g/mol. The van der Waals surface area contributed by atoms with Gasteiger partial charge < -0.3 is 15.1 Å². The zero-order valence-corrected chi connectivity index (χ0v) is 16.9. The summed E-state index contributed by atoms with van der Waals surface area (Å²) in [5.74, 6) is 0. The van der Waals surface area contributed by atoms with Gasteiger partial charge in [0, 0.05) is 29.4 Å². The largest absolute Gasteiger partial charge is 0.423 e. The van der Waals surface area contributed by atoms with Gasteiger partial charge in [0.2, 0.25) is 0 Å². The lowest BCUT2D eigenvalue weighted by molar-refractivity contribution is 0.560. The number of hydrogen-bond acceptors (Lipinski definition) is 4. The molecule has 7 heteroatoms. The van der Waals surface area contributed by atoms with E-state index in [0.717, 1.165) is 22.3 Å². The molecule has 0 atom stereocenters. The molecular weight excluding hydrogens is 384 g/mol. The van der Waals surface area contributed by atoms with Crippen LogP contribution in [0.2, 0.25) is 0 Å². The summed E-state index contributed by atoms with van der Waals surface area (Å²) in [5.41, 5.74) is 5.01. The fourth-order valence-electron chi connectivity index (χ4n) is 3.17. The SMILES string of the molecule is Cc1ccccc1Cn1cc(NC(=S)Nc2ccc3c(C)cc(=O)oc3c2)cn1. The van der Waals surface area contributed by atoms with E-state index in [9.17, 15) is 4.79 Å².